The summed E-state index contributed by atoms with van der Waals surface area (Å²) in [4.78, 5) is 37.4. The van der Waals surface area contributed by atoms with Crippen LogP contribution in [-0.2, 0) is 23.9 Å². The van der Waals surface area contributed by atoms with Gasteiger partial charge in [-0.05, 0) is 24.3 Å². The molecule has 7 nitrogen and oxygen atoms in total. The summed E-state index contributed by atoms with van der Waals surface area (Å²) in [6, 6.07) is 7.36. The van der Waals surface area contributed by atoms with Crippen molar-refractivity contribution in [2.24, 2.45) is 0 Å². The Hall–Kier alpha value is -2.57. The van der Waals surface area contributed by atoms with Gasteiger partial charge in [-0.15, -0.1) is 0 Å². The monoisotopic (exact) mass is 290 g/mol. The SMILES string of the molecule is O=C1CN(c2ccc(N3CC(=O)OC(=O)C3)cc2)CCO1. The van der Waals surface area contributed by atoms with Crippen molar-refractivity contribution in [2.45, 2.75) is 0 Å². The van der Waals surface area contributed by atoms with E-state index in [1.54, 1.807) is 4.90 Å². The molecule has 2 aliphatic heterocycles. The quantitative estimate of drug-likeness (QED) is 0.558. The van der Waals surface area contributed by atoms with E-state index in [4.69, 9.17) is 4.74 Å². The summed E-state index contributed by atoms with van der Waals surface area (Å²) >= 11 is 0. The Kier molecular flexibility index (Phi) is 3.47. The molecule has 0 N–H and O–H groups in total. The van der Waals surface area contributed by atoms with Crippen molar-refractivity contribution in [1.29, 1.82) is 0 Å². The van der Waals surface area contributed by atoms with Gasteiger partial charge in [-0.25, -0.2) is 9.59 Å². The molecule has 21 heavy (non-hydrogen) atoms. The molecule has 0 saturated carbocycles. The first-order valence-electron chi connectivity index (χ1n) is 6.61. The van der Waals surface area contributed by atoms with Gasteiger partial charge in [0.2, 0.25) is 0 Å². The third kappa shape index (κ3) is 2.96. The van der Waals surface area contributed by atoms with Crippen LogP contribution in [0.15, 0.2) is 24.3 Å². The number of carbonyl (C=O) groups is 3. The van der Waals surface area contributed by atoms with Gasteiger partial charge in [-0.3, -0.25) is 4.79 Å². The van der Waals surface area contributed by atoms with E-state index < -0.39 is 11.9 Å². The molecule has 0 aromatic heterocycles. The van der Waals surface area contributed by atoms with Crippen LogP contribution in [0.25, 0.3) is 0 Å². The fourth-order valence-electron chi connectivity index (χ4n) is 2.39. The smallest absolute Gasteiger partial charge is 0.333 e. The topological polar surface area (TPSA) is 76.2 Å². The number of benzene rings is 1. The molecule has 1 aromatic carbocycles. The van der Waals surface area contributed by atoms with Crippen molar-refractivity contribution in [1.82, 2.24) is 0 Å². The molecule has 0 radical (unpaired) electrons. The lowest BCUT2D eigenvalue weighted by atomic mass is 10.2. The summed E-state index contributed by atoms with van der Waals surface area (Å²) in [7, 11) is 0. The van der Waals surface area contributed by atoms with Crippen molar-refractivity contribution in [3.8, 4) is 0 Å². The minimum atomic E-state index is -0.547. The van der Waals surface area contributed by atoms with Crippen LogP contribution in [0.4, 0.5) is 11.4 Å². The molecule has 0 amide bonds. The molecule has 2 aliphatic rings. The average molecular weight is 290 g/mol. The maximum atomic E-state index is 11.3. The number of nitrogens with zero attached hydrogens (tertiary/aromatic N) is 2. The molecular weight excluding hydrogens is 276 g/mol. The number of anilines is 2. The third-order valence-corrected chi connectivity index (χ3v) is 3.39. The number of carbonyl (C=O) groups excluding carboxylic acids is 3. The number of hydrogen-bond donors (Lipinski definition) is 0. The normalized spacial score (nSPS) is 19.3. The van der Waals surface area contributed by atoms with E-state index >= 15 is 0 Å². The molecule has 0 unspecified atom stereocenters. The Bertz CT molecular complexity index is 568. The Balaban J connectivity index is 1.73. The van der Waals surface area contributed by atoms with Gasteiger partial charge in [0.25, 0.3) is 0 Å². The lowest BCUT2D eigenvalue weighted by molar-refractivity contribution is -0.160. The van der Waals surface area contributed by atoms with Gasteiger partial charge in [0, 0.05) is 11.4 Å². The second-order valence-corrected chi connectivity index (χ2v) is 4.86. The highest BCUT2D eigenvalue weighted by atomic mass is 16.6. The second-order valence-electron chi connectivity index (χ2n) is 4.86. The van der Waals surface area contributed by atoms with Crippen molar-refractivity contribution < 1.29 is 23.9 Å². The first-order valence-corrected chi connectivity index (χ1v) is 6.61. The second kappa shape index (κ2) is 5.43. The molecule has 7 heteroatoms. The van der Waals surface area contributed by atoms with E-state index in [2.05, 4.69) is 4.74 Å². The molecule has 2 saturated heterocycles. The van der Waals surface area contributed by atoms with Crippen LogP contribution in [0, 0.1) is 0 Å². The van der Waals surface area contributed by atoms with Crippen molar-refractivity contribution in [3.63, 3.8) is 0 Å². The minimum absolute atomic E-state index is 0.0567. The fourth-order valence-corrected chi connectivity index (χ4v) is 2.39. The van der Waals surface area contributed by atoms with Crippen molar-refractivity contribution in [3.05, 3.63) is 24.3 Å². The number of hydrogen-bond acceptors (Lipinski definition) is 7. The summed E-state index contributed by atoms with van der Waals surface area (Å²) in [5.41, 5.74) is 1.67. The van der Waals surface area contributed by atoms with E-state index in [1.807, 2.05) is 29.2 Å². The highest BCUT2D eigenvalue weighted by Gasteiger charge is 2.25. The zero-order chi connectivity index (χ0) is 14.8. The first kappa shape index (κ1) is 13.4. The van der Waals surface area contributed by atoms with Crippen LogP contribution in [0.1, 0.15) is 0 Å². The lowest BCUT2D eigenvalue weighted by Gasteiger charge is -2.29. The standard InChI is InChI=1S/C14H14N2O5/c17-12-7-15(5-6-20-12)10-1-3-11(4-2-10)16-8-13(18)21-14(19)9-16/h1-4H,5-9H2. The van der Waals surface area contributed by atoms with Crippen molar-refractivity contribution in [2.75, 3.05) is 42.6 Å². The lowest BCUT2D eigenvalue weighted by Crippen LogP contribution is -2.43. The third-order valence-electron chi connectivity index (χ3n) is 3.39. The summed E-state index contributed by atoms with van der Waals surface area (Å²) in [5.74, 6) is -1.34. The van der Waals surface area contributed by atoms with E-state index in [0.717, 1.165) is 11.4 Å². The predicted molar refractivity (Wildman–Crippen MR) is 72.9 cm³/mol. The van der Waals surface area contributed by atoms with Gasteiger partial charge >= 0.3 is 17.9 Å². The van der Waals surface area contributed by atoms with E-state index in [9.17, 15) is 14.4 Å². The molecule has 0 spiro atoms. The van der Waals surface area contributed by atoms with Crippen LogP contribution in [-0.4, -0.2) is 50.7 Å². The molecule has 2 heterocycles. The molecule has 2 fully saturated rings. The maximum absolute atomic E-state index is 11.3. The number of esters is 3. The van der Waals surface area contributed by atoms with Crippen LogP contribution >= 0.6 is 0 Å². The minimum Gasteiger partial charge on any atom is -0.462 e. The maximum Gasteiger partial charge on any atom is 0.333 e. The fraction of sp³-hybridized carbons (Fsp3) is 0.357. The van der Waals surface area contributed by atoms with Crippen LogP contribution in [0.5, 0.6) is 0 Å². The Labute approximate surface area is 121 Å². The highest BCUT2D eigenvalue weighted by Crippen LogP contribution is 2.22. The summed E-state index contributed by atoms with van der Waals surface area (Å²) in [6.45, 7) is 1.38. The van der Waals surface area contributed by atoms with Gasteiger partial charge in [-0.1, -0.05) is 0 Å². The molecule has 1 aromatic rings. The number of morpholine rings is 2. The van der Waals surface area contributed by atoms with Crippen LogP contribution < -0.4 is 9.80 Å². The highest BCUT2D eigenvalue weighted by molar-refractivity contribution is 5.94. The van der Waals surface area contributed by atoms with Crippen LogP contribution in [0.3, 0.4) is 0 Å². The Morgan fingerprint density at radius 1 is 0.762 bits per heavy atom. The van der Waals surface area contributed by atoms with E-state index in [1.165, 1.54) is 0 Å². The number of rotatable bonds is 2. The average Bonchev–Trinajstić information content (AvgIpc) is 2.46. The van der Waals surface area contributed by atoms with E-state index in [0.29, 0.717) is 13.2 Å². The predicted octanol–water partition coefficient (Wildman–Crippen LogP) is -0.0604. The largest absolute Gasteiger partial charge is 0.462 e. The van der Waals surface area contributed by atoms with Gasteiger partial charge < -0.3 is 19.3 Å². The van der Waals surface area contributed by atoms with Gasteiger partial charge in [0.05, 0.1) is 6.54 Å². The summed E-state index contributed by atoms with van der Waals surface area (Å²) in [5, 5.41) is 0. The van der Waals surface area contributed by atoms with Gasteiger partial charge in [0.15, 0.2) is 0 Å². The summed E-state index contributed by atoms with van der Waals surface area (Å²) in [6.07, 6.45) is 0. The number of ether oxygens (including phenoxy) is 2. The Morgan fingerprint density at radius 2 is 1.29 bits per heavy atom. The summed E-state index contributed by atoms with van der Waals surface area (Å²) < 4.78 is 9.38. The molecule has 0 aliphatic carbocycles. The zero-order valence-electron chi connectivity index (χ0n) is 11.3. The van der Waals surface area contributed by atoms with E-state index in [-0.39, 0.29) is 25.6 Å². The molecule has 0 bridgehead atoms. The molecule has 3 rings (SSSR count). The van der Waals surface area contributed by atoms with Gasteiger partial charge in [-0.2, -0.15) is 0 Å². The molecule has 0 atom stereocenters. The zero-order valence-corrected chi connectivity index (χ0v) is 11.3. The first-order chi connectivity index (χ1) is 10.1. The number of cyclic esters (lactones) is 3. The molecule has 110 valence electrons. The van der Waals surface area contributed by atoms with Crippen molar-refractivity contribution >= 4 is 29.3 Å². The van der Waals surface area contributed by atoms with Crippen LogP contribution in [0.2, 0.25) is 0 Å². The van der Waals surface area contributed by atoms with Gasteiger partial charge in [0.1, 0.15) is 26.2 Å². The molecular formula is C14H14N2O5. The Morgan fingerprint density at radius 3 is 1.86 bits per heavy atom.